The molecule has 1 saturated heterocycles. The number of likely N-dealkylation sites (tertiary alicyclic amines) is 1. The van der Waals surface area contributed by atoms with Gasteiger partial charge < -0.3 is 20.7 Å². The van der Waals surface area contributed by atoms with Crippen LogP contribution in [0.1, 0.15) is 29.6 Å². The minimum atomic E-state index is -0.594. The van der Waals surface area contributed by atoms with Gasteiger partial charge in [0.2, 0.25) is 5.91 Å². The number of benzene rings is 1. The molecule has 1 aromatic rings. The van der Waals surface area contributed by atoms with Gasteiger partial charge in [0.25, 0.3) is 0 Å². The molecule has 7 heteroatoms. The highest BCUT2D eigenvalue weighted by Crippen LogP contribution is 2.19. The Balaban J connectivity index is 2.10. The van der Waals surface area contributed by atoms with Crippen molar-refractivity contribution in [2.75, 3.05) is 19.0 Å². The van der Waals surface area contributed by atoms with E-state index in [4.69, 9.17) is 5.73 Å². The predicted octanol–water partition coefficient (Wildman–Crippen LogP) is 1.34. The molecule has 7 nitrogen and oxygen atoms in total. The molecule has 0 aromatic heterocycles. The zero-order valence-corrected chi connectivity index (χ0v) is 12.4. The number of primary amides is 1. The van der Waals surface area contributed by atoms with E-state index < -0.39 is 18.0 Å². The summed E-state index contributed by atoms with van der Waals surface area (Å²) in [6, 6.07) is 5.27. The van der Waals surface area contributed by atoms with Gasteiger partial charge in [-0.2, -0.15) is 0 Å². The van der Waals surface area contributed by atoms with E-state index in [0.717, 1.165) is 12.8 Å². The number of anilines is 1. The van der Waals surface area contributed by atoms with Gasteiger partial charge in [-0.1, -0.05) is 6.07 Å². The molecule has 22 heavy (non-hydrogen) atoms. The highest BCUT2D eigenvalue weighted by Gasteiger charge is 2.31. The van der Waals surface area contributed by atoms with E-state index in [1.165, 1.54) is 18.1 Å². The number of methoxy groups -OCH3 is 1. The number of nitrogens with one attached hydrogen (secondary N) is 1. The molecular weight excluding hydrogens is 286 g/mol. The highest BCUT2D eigenvalue weighted by atomic mass is 16.5. The largest absolute Gasteiger partial charge is 0.465 e. The second kappa shape index (κ2) is 6.93. The molecule has 1 aromatic carbocycles. The van der Waals surface area contributed by atoms with Crippen molar-refractivity contribution in [3.8, 4) is 0 Å². The van der Waals surface area contributed by atoms with Crippen LogP contribution in [0.25, 0.3) is 0 Å². The summed E-state index contributed by atoms with van der Waals surface area (Å²) in [5.41, 5.74) is 6.13. The van der Waals surface area contributed by atoms with Crippen molar-refractivity contribution in [2.45, 2.75) is 25.3 Å². The molecule has 118 valence electrons. The highest BCUT2D eigenvalue weighted by molar-refractivity contribution is 5.98. The molecule has 0 saturated carbocycles. The molecule has 1 aliphatic heterocycles. The van der Waals surface area contributed by atoms with Crippen LogP contribution in [-0.4, -0.2) is 42.5 Å². The molecule has 0 bridgehead atoms. The standard InChI is InChI=1S/C15H19N3O4/c1-22-14(20)10-5-4-6-11(9-10)17-13(19)12-7-2-3-8-18(12)15(16)21/h4-6,9,12H,2-3,7-8H2,1H3,(H2,16,21)(H,17,19)/t12-/m0/s1. The summed E-state index contributed by atoms with van der Waals surface area (Å²) < 4.78 is 4.64. The van der Waals surface area contributed by atoms with Gasteiger partial charge >= 0.3 is 12.0 Å². The van der Waals surface area contributed by atoms with Crippen molar-refractivity contribution in [3.63, 3.8) is 0 Å². The van der Waals surface area contributed by atoms with Gasteiger partial charge in [-0.15, -0.1) is 0 Å². The van der Waals surface area contributed by atoms with Crippen molar-refractivity contribution in [3.05, 3.63) is 29.8 Å². The average molecular weight is 305 g/mol. The molecule has 0 radical (unpaired) electrons. The third-order valence-corrected chi connectivity index (χ3v) is 3.64. The third-order valence-electron chi connectivity index (χ3n) is 3.64. The Morgan fingerprint density at radius 3 is 2.77 bits per heavy atom. The minimum absolute atomic E-state index is 0.305. The van der Waals surface area contributed by atoms with Gasteiger partial charge in [0, 0.05) is 12.2 Å². The average Bonchev–Trinajstić information content (AvgIpc) is 2.54. The Kier molecular flexibility index (Phi) is 4.98. The zero-order valence-electron chi connectivity index (χ0n) is 12.4. The Morgan fingerprint density at radius 1 is 1.32 bits per heavy atom. The SMILES string of the molecule is COC(=O)c1cccc(NC(=O)[C@@H]2CCCCN2C(N)=O)c1. The second-order valence-corrected chi connectivity index (χ2v) is 5.10. The van der Waals surface area contributed by atoms with Crippen LogP contribution in [-0.2, 0) is 9.53 Å². The molecule has 2 rings (SSSR count). The fourth-order valence-electron chi connectivity index (χ4n) is 2.54. The van der Waals surface area contributed by atoms with Crippen LogP contribution in [0.15, 0.2) is 24.3 Å². The normalized spacial score (nSPS) is 17.7. The quantitative estimate of drug-likeness (QED) is 0.823. The van der Waals surface area contributed by atoms with Crippen LogP contribution in [0, 0.1) is 0 Å². The Morgan fingerprint density at radius 2 is 2.09 bits per heavy atom. The Bertz CT molecular complexity index is 588. The molecule has 1 aliphatic rings. The van der Waals surface area contributed by atoms with Crippen molar-refractivity contribution < 1.29 is 19.1 Å². The number of esters is 1. The summed E-state index contributed by atoms with van der Waals surface area (Å²) in [5, 5.41) is 2.72. The fourth-order valence-corrected chi connectivity index (χ4v) is 2.54. The predicted molar refractivity (Wildman–Crippen MR) is 80.3 cm³/mol. The van der Waals surface area contributed by atoms with Crippen molar-refractivity contribution >= 4 is 23.6 Å². The number of rotatable bonds is 3. The van der Waals surface area contributed by atoms with Crippen LogP contribution in [0.2, 0.25) is 0 Å². The summed E-state index contributed by atoms with van der Waals surface area (Å²) in [7, 11) is 1.29. The number of carbonyl (C=O) groups excluding carboxylic acids is 3. The van der Waals surface area contributed by atoms with Gasteiger partial charge in [0.05, 0.1) is 12.7 Å². The summed E-state index contributed by atoms with van der Waals surface area (Å²) in [5.74, 6) is -0.784. The first-order valence-corrected chi connectivity index (χ1v) is 7.08. The number of urea groups is 1. The van der Waals surface area contributed by atoms with Crippen molar-refractivity contribution in [1.29, 1.82) is 0 Å². The number of amides is 3. The molecule has 0 spiro atoms. The lowest BCUT2D eigenvalue weighted by Gasteiger charge is -2.33. The van der Waals surface area contributed by atoms with Crippen LogP contribution in [0.5, 0.6) is 0 Å². The third kappa shape index (κ3) is 3.55. The van der Waals surface area contributed by atoms with E-state index in [0.29, 0.717) is 24.2 Å². The Hall–Kier alpha value is -2.57. The molecule has 1 fully saturated rings. The molecule has 0 unspecified atom stereocenters. The van der Waals surface area contributed by atoms with E-state index in [1.807, 2.05) is 0 Å². The maximum atomic E-state index is 12.4. The number of nitrogens with two attached hydrogens (primary N) is 1. The van der Waals surface area contributed by atoms with E-state index in [1.54, 1.807) is 18.2 Å². The van der Waals surface area contributed by atoms with Crippen LogP contribution in [0.3, 0.4) is 0 Å². The van der Waals surface area contributed by atoms with E-state index >= 15 is 0 Å². The number of hydrogen-bond donors (Lipinski definition) is 2. The topological polar surface area (TPSA) is 102 Å². The first-order valence-electron chi connectivity index (χ1n) is 7.08. The number of ether oxygens (including phenoxy) is 1. The number of nitrogens with zero attached hydrogens (tertiary/aromatic N) is 1. The Labute approximate surface area is 128 Å². The van der Waals surface area contributed by atoms with Gasteiger partial charge in [-0.25, -0.2) is 9.59 Å². The minimum Gasteiger partial charge on any atom is -0.465 e. The molecular formula is C15H19N3O4. The second-order valence-electron chi connectivity index (χ2n) is 5.10. The van der Waals surface area contributed by atoms with E-state index in [-0.39, 0.29) is 5.91 Å². The van der Waals surface area contributed by atoms with Gasteiger partial charge in [0.1, 0.15) is 6.04 Å². The number of hydrogen-bond acceptors (Lipinski definition) is 4. The fraction of sp³-hybridized carbons (Fsp3) is 0.400. The lowest BCUT2D eigenvalue weighted by atomic mass is 10.0. The summed E-state index contributed by atoms with van der Waals surface area (Å²) in [6.07, 6.45) is 2.28. The lowest BCUT2D eigenvalue weighted by Crippen LogP contribution is -2.51. The molecule has 3 amide bonds. The smallest absolute Gasteiger partial charge is 0.337 e. The van der Waals surface area contributed by atoms with Crippen LogP contribution < -0.4 is 11.1 Å². The van der Waals surface area contributed by atoms with Gasteiger partial charge in [0.15, 0.2) is 0 Å². The first-order chi connectivity index (χ1) is 10.5. The maximum Gasteiger partial charge on any atom is 0.337 e. The maximum absolute atomic E-state index is 12.4. The van der Waals surface area contributed by atoms with Gasteiger partial charge in [-0.05, 0) is 37.5 Å². The monoisotopic (exact) mass is 305 g/mol. The van der Waals surface area contributed by atoms with Gasteiger partial charge in [-0.3, -0.25) is 4.79 Å². The lowest BCUT2D eigenvalue weighted by molar-refractivity contribution is -0.121. The first kappa shape index (κ1) is 15.8. The van der Waals surface area contributed by atoms with Crippen molar-refractivity contribution in [1.82, 2.24) is 4.90 Å². The summed E-state index contributed by atoms with van der Waals surface area (Å²) >= 11 is 0. The summed E-state index contributed by atoms with van der Waals surface area (Å²) in [6.45, 7) is 0.482. The van der Waals surface area contributed by atoms with Crippen molar-refractivity contribution in [2.24, 2.45) is 5.73 Å². The number of piperidine rings is 1. The van der Waals surface area contributed by atoms with Crippen LogP contribution in [0.4, 0.5) is 10.5 Å². The van der Waals surface area contributed by atoms with E-state index in [2.05, 4.69) is 10.1 Å². The summed E-state index contributed by atoms with van der Waals surface area (Å²) in [4.78, 5) is 36.6. The van der Waals surface area contributed by atoms with Crippen LogP contribution >= 0.6 is 0 Å². The molecule has 1 heterocycles. The van der Waals surface area contributed by atoms with E-state index in [9.17, 15) is 14.4 Å². The zero-order chi connectivity index (χ0) is 16.1. The molecule has 0 aliphatic carbocycles. The molecule has 3 N–H and O–H groups in total. The molecule has 1 atom stereocenters. The number of carbonyl (C=O) groups is 3.